The van der Waals surface area contributed by atoms with E-state index < -0.39 is 10.8 Å². The summed E-state index contributed by atoms with van der Waals surface area (Å²) in [6.07, 6.45) is 0. The number of rotatable bonds is 4. The first-order valence-corrected chi connectivity index (χ1v) is 11.1. The molecule has 0 fully saturated rings. The van der Waals surface area contributed by atoms with E-state index in [1.807, 2.05) is 31.2 Å². The maximum atomic E-state index is 13.8. The number of amidine groups is 1. The molecule has 4 rings (SSSR count). The fourth-order valence-electron chi connectivity index (χ4n) is 3.70. The number of carbonyl (C=O) groups excluding carboxylic acids is 3. The topological polar surface area (TPSA) is 91.3 Å². The SMILES string of the molecule is CC(=O)NC1=NN(C(C)=O)C2(S1)C(=O)N(CCOc1ccc(C)cc1)c1ccc(Cl)cc12. The van der Waals surface area contributed by atoms with E-state index in [1.165, 1.54) is 13.8 Å². The molecule has 0 aromatic heterocycles. The molecule has 32 heavy (non-hydrogen) atoms. The van der Waals surface area contributed by atoms with Gasteiger partial charge < -0.3 is 15.0 Å². The summed E-state index contributed by atoms with van der Waals surface area (Å²) < 4.78 is 5.82. The Hall–Kier alpha value is -3.04. The van der Waals surface area contributed by atoms with Gasteiger partial charge in [0.25, 0.3) is 5.91 Å². The van der Waals surface area contributed by atoms with Crippen LogP contribution in [-0.2, 0) is 19.3 Å². The first-order chi connectivity index (χ1) is 15.2. The van der Waals surface area contributed by atoms with Gasteiger partial charge in [0.1, 0.15) is 12.4 Å². The van der Waals surface area contributed by atoms with Crippen LogP contribution in [0.5, 0.6) is 5.75 Å². The summed E-state index contributed by atoms with van der Waals surface area (Å²) in [7, 11) is 0. The van der Waals surface area contributed by atoms with Crippen LogP contribution in [0.1, 0.15) is 25.0 Å². The van der Waals surface area contributed by atoms with Gasteiger partial charge in [-0.2, -0.15) is 5.01 Å². The van der Waals surface area contributed by atoms with E-state index in [0.29, 0.717) is 22.0 Å². The third-order valence-corrected chi connectivity index (χ3v) is 6.54. The van der Waals surface area contributed by atoms with Gasteiger partial charge in [0.15, 0.2) is 5.17 Å². The second-order valence-electron chi connectivity index (χ2n) is 7.44. The van der Waals surface area contributed by atoms with Crippen molar-refractivity contribution in [2.45, 2.75) is 25.6 Å². The molecule has 2 heterocycles. The predicted molar refractivity (Wildman–Crippen MR) is 124 cm³/mol. The summed E-state index contributed by atoms with van der Waals surface area (Å²) in [5.74, 6) is -0.441. The number of fused-ring (bicyclic) bond motifs is 2. The predicted octanol–water partition coefficient (Wildman–Crippen LogP) is 3.23. The number of hydrogen-bond acceptors (Lipinski definition) is 6. The quantitative estimate of drug-likeness (QED) is 0.737. The number of aryl methyl sites for hydroxylation is 1. The number of amides is 3. The maximum Gasteiger partial charge on any atom is 0.270 e. The van der Waals surface area contributed by atoms with Crippen molar-refractivity contribution < 1.29 is 19.1 Å². The van der Waals surface area contributed by atoms with E-state index in [2.05, 4.69) is 10.4 Å². The van der Waals surface area contributed by atoms with Crippen molar-refractivity contribution in [2.75, 3.05) is 18.1 Å². The Bertz CT molecular complexity index is 1140. The molecule has 1 N–H and O–H groups in total. The summed E-state index contributed by atoms with van der Waals surface area (Å²) in [6.45, 7) is 5.15. The third-order valence-electron chi connectivity index (χ3n) is 5.07. The first-order valence-electron chi connectivity index (χ1n) is 9.90. The number of hydrogen-bond donors (Lipinski definition) is 1. The Morgan fingerprint density at radius 3 is 2.56 bits per heavy atom. The molecular formula is C22H21ClN4O4S. The number of anilines is 1. The minimum atomic E-state index is -1.48. The zero-order valence-corrected chi connectivity index (χ0v) is 19.3. The zero-order chi connectivity index (χ0) is 23.0. The fourth-order valence-corrected chi connectivity index (χ4v) is 5.19. The van der Waals surface area contributed by atoms with Crippen molar-refractivity contribution in [2.24, 2.45) is 5.10 Å². The summed E-state index contributed by atoms with van der Waals surface area (Å²) in [5.41, 5.74) is 2.27. The summed E-state index contributed by atoms with van der Waals surface area (Å²) >= 11 is 7.26. The van der Waals surface area contributed by atoms with Gasteiger partial charge in [-0.3, -0.25) is 14.4 Å². The molecule has 2 aromatic rings. The highest BCUT2D eigenvalue weighted by Crippen LogP contribution is 2.54. The highest BCUT2D eigenvalue weighted by molar-refractivity contribution is 8.15. The van der Waals surface area contributed by atoms with Gasteiger partial charge in [-0.25, -0.2) is 0 Å². The number of nitrogens with one attached hydrogen (secondary N) is 1. The molecule has 3 amide bonds. The van der Waals surface area contributed by atoms with Gasteiger partial charge >= 0.3 is 0 Å². The van der Waals surface area contributed by atoms with E-state index in [9.17, 15) is 14.4 Å². The zero-order valence-electron chi connectivity index (χ0n) is 17.7. The number of halogens is 1. The van der Waals surface area contributed by atoms with Crippen LogP contribution >= 0.6 is 23.4 Å². The number of nitrogens with zero attached hydrogens (tertiary/aromatic N) is 3. The van der Waals surface area contributed by atoms with Gasteiger partial charge in [0.05, 0.1) is 12.2 Å². The number of benzene rings is 2. The van der Waals surface area contributed by atoms with Crippen LogP contribution in [0.2, 0.25) is 5.02 Å². The second-order valence-corrected chi connectivity index (χ2v) is 9.06. The van der Waals surface area contributed by atoms with E-state index in [1.54, 1.807) is 23.1 Å². The van der Waals surface area contributed by atoms with Crippen LogP contribution < -0.4 is 15.0 Å². The highest BCUT2D eigenvalue weighted by Gasteiger charge is 2.61. The minimum absolute atomic E-state index is 0.171. The minimum Gasteiger partial charge on any atom is -0.492 e. The largest absolute Gasteiger partial charge is 0.492 e. The first kappa shape index (κ1) is 22.2. The number of carbonyl (C=O) groups is 3. The Morgan fingerprint density at radius 2 is 1.91 bits per heavy atom. The second kappa shape index (κ2) is 8.48. The summed E-state index contributed by atoms with van der Waals surface area (Å²) in [4.78, 5) is 37.9. The molecule has 1 unspecified atom stereocenters. The molecule has 0 bridgehead atoms. The molecule has 2 aliphatic heterocycles. The molecule has 0 saturated heterocycles. The van der Waals surface area contributed by atoms with Gasteiger partial charge in [0, 0.05) is 24.4 Å². The monoisotopic (exact) mass is 472 g/mol. The molecule has 0 aliphatic carbocycles. The molecule has 10 heteroatoms. The Balaban J connectivity index is 1.65. The number of hydrazone groups is 1. The third kappa shape index (κ3) is 3.82. The van der Waals surface area contributed by atoms with Crippen molar-refractivity contribution in [1.29, 1.82) is 0 Å². The summed E-state index contributed by atoms with van der Waals surface area (Å²) in [6, 6.07) is 12.7. The van der Waals surface area contributed by atoms with Gasteiger partial charge in [-0.15, -0.1) is 5.10 Å². The normalized spacial score (nSPS) is 19.2. The Morgan fingerprint density at radius 1 is 1.19 bits per heavy atom. The molecule has 0 saturated carbocycles. The van der Waals surface area contributed by atoms with Crippen molar-refractivity contribution in [3.8, 4) is 5.75 Å². The standard InChI is InChI=1S/C22H21ClN4O4S/c1-13-4-7-17(8-5-13)31-11-10-26-19-9-6-16(23)12-18(19)22(20(26)30)27(15(3)29)25-21(32-22)24-14(2)28/h4-9,12H,10-11H2,1-3H3,(H,24,25,28). The van der Waals surface area contributed by atoms with Crippen LogP contribution in [0.15, 0.2) is 47.6 Å². The smallest absolute Gasteiger partial charge is 0.270 e. The van der Waals surface area contributed by atoms with E-state index in [4.69, 9.17) is 16.3 Å². The molecule has 0 radical (unpaired) electrons. The molecule has 166 valence electrons. The molecule has 2 aliphatic rings. The Labute approximate surface area is 194 Å². The molecule has 8 nitrogen and oxygen atoms in total. The highest BCUT2D eigenvalue weighted by atomic mass is 35.5. The number of thioether (sulfide) groups is 1. The van der Waals surface area contributed by atoms with Crippen molar-refractivity contribution >= 4 is 51.9 Å². The fraction of sp³-hybridized carbons (Fsp3) is 0.273. The van der Waals surface area contributed by atoms with E-state index in [0.717, 1.165) is 22.3 Å². The lowest BCUT2D eigenvalue weighted by atomic mass is 10.1. The van der Waals surface area contributed by atoms with Crippen LogP contribution in [0.25, 0.3) is 0 Å². The molecule has 2 aromatic carbocycles. The molecule has 1 spiro atoms. The van der Waals surface area contributed by atoms with Crippen LogP contribution in [-0.4, -0.2) is 41.0 Å². The molecule has 1 atom stereocenters. The lowest BCUT2D eigenvalue weighted by Crippen LogP contribution is -2.49. The van der Waals surface area contributed by atoms with Crippen molar-refractivity contribution in [3.63, 3.8) is 0 Å². The van der Waals surface area contributed by atoms with Crippen LogP contribution in [0.4, 0.5) is 5.69 Å². The summed E-state index contributed by atoms with van der Waals surface area (Å²) in [5, 5.41) is 8.51. The molecular weight excluding hydrogens is 452 g/mol. The van der Waals surface area contributed by atoms with Crippen molar-refractivity contribution in [1.82, 2.24) is 10.3 Å². The van der Waals surface area contributed by atoms with Gasteiger partial charge in [-0.1, -0.05) is 29.3 Å². The van der Waals surface area contributed by atoms with E-state index in [-0.39, 0.29) is 30.1 Å². The lowest BCUT2D eigenvalue weighted by Gasteiger charge is -2.29. The lowest BCUT2D eigenvalue weighted by molar-refractivity contribution is -0.139. The average Bonchev–Trinajstić information content (AvgIpc) is 3.21. The Kier molecular flexibility index (Phi) is 5.87. The van der Waals surface area contributed by atoms with E-state index >= 15 is 0 Å². The van der Waals surface area contributed by atoms with Gasteiger partial charge in [-0.05, 0) is 49.0 Å². The average molecular weight is 473 g/mol. The van der Waals surface area contributed by atoms with Crippen LogP contribution in [0, 0.1) is 6.92 Å². The maximum absolute atomic E-state index is 13.8. The van der Waals surface area contributed by atoms with Crippen molar-refractivity contribution in [3.05, 3.63) is 58.6 Å². The number of ether oxygens (including phenoxy) is 1. The van der Waals surface area contributed by atoms with Crippen LogP contribution in [0.3, 0.4) is 0 Å². The van der Waals surface area contributed by atoms with Gasteiger partial charge in [0.2, 0.25) is 16.7 Å².